The van der Waals surface area contributed by atoms with E-state index in [-0.39, 0.29) is 18.5 Å². The Morgan fingerprint density at radius 2 is 1.96 bits per heavy atom. The normalized spacial score (nSPS) is 15.3. The molecule has 2 rings (SSSR count). The predicted octanol–water partition coefficient (Wildman–Crippen LogP) is 3.40. The number of ether oxygens (including phenoxy) is 2. The Morgan fingerprint density at radius 3 is 2.64 bits per heavy atom. The second kappa shape index (κ2) is 10.5. The summed E-state index contributed by atoms with van der Waals surface area (Å²) >= 11 is 6.11. The van der Waals surface area contributed by atoms with Gasteiger partial charge in [-0.1, -0.05) is 25.4 Å². The van der Waals surface area contributed by atoms with Crippen molar-refractivity contribution in [1.29, 1.82) is 0 Å². The van der Waals surface area contributed by atoms with Crippen LogP contribution in [0.25, 0.3) is 0 Å². The molecule has 1 saturated heterocycles. The highest BCUT2D eigenvalue weighted by Crippen LogP contribution is 2.30. The van der Waals surface area contributed by atoms with Crippen molar-refractivity contribution in [3.05, 3.63) is 22.7 Å². The van der Waals surface area contributed by atoms with Crippen molar-refractivity contribution in [3.8, 4) is 5.75 Å². The van der Waals surface area contributed by atoms with Crippen LogP contribution < -0.4 is 10.1 Å². The van der Waals surface area contributed by atoms with E-state index in [2.05, 4.69) is 5.32 Å². The van der Waals surface area contributed by atoms with Gasteiger partial charge in [0, 0.05) is 37.3 Å². The number of nitrogens with one attached hydrogen (secondary N) is 1. The van der Waals surface area contributed by atoms with Gasteiger partial charge in [0.25, 0.3) is 0 Å². The number of rotatable bonds is 6. The zero-order chi connectivity index (χ0) is 20.7. The van der Waals surface area contributed by atoms with E-state index < -0.39 is 0 Å². The molecule has 7 nitrogen and oxygen atoms in total. The molecule has 28 heavy (non-hydrogen) atoms. The number of hydrogen-bond donors (Lipinski definition) is 1. The number of carbonyl (C=O) groups is 2. The lowest BCUT2D eigenvalue weighted by atomic mass is 10.2. The Balaban J connectivity index is 1.88. The third kappa shape index (κ3) is 6.56. The average molecular weight is 412 g/mol. The maximum Gasteiger partial charge on any atom is 0.409 e. The number of carbonyl (C=O) groups excluding carboxylic acids is 2. The summed E-state index contributed by atoms with van der Waals surface area (Å²) in [7, 11) is 1.54. The number of aryl methyl sites for hydroxylation is 1. The molecule has 1 aromatic carbocycles. The summed E-state index contributed by atoms with van der Waals surface area (Å²) in [5.74, 6) is 0.708. The van der Waals surface area contributed by atoms with E-state index in [0.717, 1.165) is 18.5 Å². The lowest BCUT2D eigenvalue weighted by molar-refractivity contribution is -0.117. The van der Waals surface area contributed by atoms with Crippen LogP contribution in [0, 0.1) is 12.8 Å². The van der Waals surface area contributed by atoms with Gasteiger partial charge >= 0.3 is 6.09 Å². The standard InChI is InChI=1S/C20H30ClN3O4/c1-14(2)13-28-20(26)24-7-5-6-23(8-9-24)12-19(25)22-17-10-15(3)16(21)11-18(17)27-4/h10-11,14H,5-9,12-13H2,1-4H3,(H,22,25). The maximum absolute atomic E-state index is 12.5. The minimum absolute atomic E-state index is 0.129. The predicted molar refractivity (Wildman–Crippen MR) is 110 cm³/mol. The third-order valence-corrected chi connectivity index (χ3v) is 4.92. The summed E-state index contributed by atoms with van der Waals surface area (Å²) in [6, 6.07) is 3.49. The van der Waals surface area contributed by atoms with Gasteiger partial charge in [0.1, 0.15) is 5.75 Å². The Kier molecular flexibility index (Phi) is 8.38. The molecule has 2 amide bonds. The molecule has 1 aromatic rings. The van der Waals surface area contributed by atoms with Crippen LogP contribution in [0.15, 0.2) is 12.1 Å². The summed E-state index contributed by atoms with van der Waals surface area (Å²) < 4.78 is 10.6. The maximum atomic E-state index is 12.5. The summed E-state index contributed by atoms with van der Waals surface area (Å²) in [5.41, 5.74) is 1.46. The first kappa shape index (κ1) is 22.3. The molecule has 1 aliphatic heterocycles. The molecular formula is C20H30ClN3O4. The van der Waals surface area contributed by atoms with Gasteiger partial charge in [0.2, 0.25) is 5.91 Å². The fraction of sp³-hybridized carbons (Fsp3) is 0.600. The summed E-state index contributed by atoms with van der Waals surface area (Å²) in [4.78, 5) is 28.4. The van der Waals surface area contributed by atoms with E-state index in [4.69, 9.17) is 21.1 Å². The monoisotopic (exact) mass is 411 g/mol. The molecule has 1 heterocycles. The van der Waals surface area contributed by atoms with E-state index in [1.807, 2.05) is 25.7 Å². The van der Waals surface area contributed by atoms with Crippen LogP contribution in [-0.4, -0.2) is 68.2 Å². The van der Waals surface area contributed by atoms with Gasteiger partial charge in [-0.15, -0.1) is 0 Å². The molecular weight excluding hydrogens is 382 g/mol. The Morgan fingerprint density at radius 1 is 1.21 bits per heavy atom. The Bertz CT molecular complexity index is 696. The van der Waals surface area contributed by atoms with E-state index in [1.54, 1.807) is 24.1 Å². The van der Waals surface area contributed by atoms with Crippen LogP contribution in [0.2, 0.25) is 5.02 Å². The summed E-state index contributed by atoms with van der Waals surface area (Å²) in [5, 5.41) is 3.48. The van der Waals surface area contributed by atoms with Crippen LogP contribution in [0.5, 0.6) is 5.75 Å². The molecule has 1 fully saturated rings. The van der Waals surface area contributed by atoms with Crippen molar-refractivity contribution in [3.63, 3.8) is 0 Å². The van der Waals surface area contributed by atoms with E-state index >= 15 is 0 Å². The highest BCUT2D eigenvalue weighted by molar-refractivity contribution is 6.31. The molecule has 156 valence electrons. The molecule has 0 spiro atoms. The molecule has 0 saturated carbocycles. The molecule has 0 bridgehead atoms. The number of amides is 2. The molecule has 1 aliphatic rings. The Hall–Kier alpha value is -1.99. The van der Waals surface area contributed by atoms with Crippen molar-refractivity contribution in [2.75, 3.05) is 51.8 Å². The minimum atomic E-state index is -0.277. The zero-order valence-electron chi connectivity index (χ0n) is 17.1. The van der Waals surface area contributed by atoms with Crippen molar-refractivity contribution in [1.82, 2.24) is 9.80 Å². The molecule has 8 heteroatoms. The van der Waals surface area contributed by atoms with Gasteiger partial charge in [0.05, 0.1) is 25.9 Å². The quantitative estimate of drug-likeness (QED) is 0.776. The van der Waals surface area contributed by atoms with Crippen molar-refractivity contribution >= 4 is 29.3 Å². The average Bonchev–Trinajstić information content (AvgIpc) is 2.88. The molecule has 0 atom stereocenters. The van der Waals surface area contributed by atoms with Gasteiger partial charge in [-0.05, 0) is 30.9 Å². The zero-order valence-corrected chi connectivity index (χ0v) is 17.8. The number of benzene rings is 1. The first-order chi connectivity index (χ1) is 13.3. The molecule has 1 N–H and O–H groups in total. The van der Waals surface area contributed by atoms with Crippen LogP contribution in [-0.2, 0) is 9.53 Å². The van der Waals surface area contributed by atoms with Crippen LogP contribution >= 0.6 is 11.6 Å². The lowest BCUT2D eigenvalue weighted by Crippen LogP contribution is -2.38. The molecule has 0 unspecified atom stereocenters. The number of methoxy groups -OCH3 is 1. The smallest absolute Gasteiger partial charge is 0.409 e. The largest absolute Gasteiger partial charge is 0.495 e. The topological polar surface area (TPSA) is 71.1 Å². The first-order valence-corrected chi connectivity index (χ1v) is 9.96. The Labute approximate surface area is 171 Å². The van der Waals surface area contributed by atoms with Gasteiger partial charge < -0.3 is 19.7 Å². The highest BCUT2D eigenvalue weighted by Gasteiger charge is 2.22. The van der Waals surface area contributed by atoms with Crippen LogP contribution in [0.4, 0.5) is 10.5 Å². The number of halogens is 1. The van der Waals surface area contributed by atoms with E-state index in [9.17, 15) is 9.59 Å². The number of nitrogens with zero attached hydrogens (tertiary/aromatic N) is 2. The molecule has 0 aromatic heterocycles. The fourth-order valence-corrected chi connectivity index (χ4v) is 3.12. The fourth-order valence-electron chi connectivity index (χ4n) is 2.96. The highest BCUT2D eigenvalue weighted by atomic mass is 35.5. The van der Waals surface area contributed by atoms with E-state index in [1.165, 1.54) is 0 Å². The van der Waals surface area contributed by atoms with Crippen molar-refractivity contribution < 1.29 is 19.1 Å². The van der Waals surface area contributed by atoms with Crippen LogP contribution in [0.3, 0.4) is 0 Å². The van der Waals surface area contributed by atoms with Gasteiger partial charge in [0.15, 0.2) is 0 Å². The van der Waals surface area contributed by atoms with Crippen molar-refractivity contribution in [2.45, 2.75) is 27.2 Å². The SMILES string of the molecule is COc1cc(Cl)c(C)cc1NC(=O)CN1CCCN(C(=O)OCC(C)C)CC1. The summed E-state index contributed by atoms with van der Waals surface area (Å²) in [6.07, 6.45) is 0.523. The summed E-state index contributed by atoms with van der Waals surface area (Å²) in [6.45, 7) is 9.12. The second-order valence-electron chi connectivity index (χ2n) is 7.44. The van der Waals surface area contributed by atoms with Gasteiger partial charge in [-0.3, -0.25) is 9.69 Å². The first-order valence-electron chi connectivity index (χ1n) is 9.58. The van der Waals surface area contributed by atoms with Gasteiger partial charge in [-0.25, -0.2) is 4.79 Å². The second-order valence-corrected chi connectivity index (χ2v) is 7.84. The van der Waals surface area contributed by atoms with Gasteiger partial charge in [-0.2, -0.15) is 0 Å². The third-order valence-electron chi connectivity index (χ3n) is 4.51. The van der Waals surface area contributed by atoms with Crippen molar-refractivity contribution in [2.24, 2.45) is 5.92 Å². The minimum Gasteiger partial charge on any atom is -0.495 e. The number of anilines is 1. The molecule has 0 radical (unpaired) electrons. The lowest BCUT2D eigenvalue weighted by Gasteiger charge is -2.22. The van der Waals surface area contributed by atoms with E-state index in [0.29, 0.717) is 48.6 Å². The number of hydrogen-bond acceptors (Lipinski definition) is 5. The van der Waals surface area contributed by atoms with Crippen LogP contribution in [0.1, 0.15) is 25.8 Å². The molecule has 0 aliphatic carbocycles.